The fourth-order valence-corrected chi connectivity index (χ4v) is 3.15. The zero-order valence-corrected chi connectivity index (χ0v) is 12.6. The Morgan fingerprint density at radius 3 is 3.00 bits per heavy atom. The van der Waals surface area contributed by atoms with E-state index in [1.54, 1.807) is 0 Å². The van der Waals surface area contributed by atoms with Gasteiger partial charge in [-0.25, -0.2) is 0 Å². The molecule has 0 radical (unpaired) electrons. The minimum atomic E-state index is 0.358. The van der Waals surface area contributed by atoms with Gasteiger partial charge < -0.3 is 10.5 Å². The van der Waals surface area contributed by atoms with E-state index in [4.69, 9.17) is 10.5 Å². The molecule has 2 rings (SSSR count). The number of rotatable bonds is 6. The van der Waals surface area contributed by atoms with Crippen LogP contribution >= 0.6 is 15.9 Å². The first kappa shape index (κ1) is 13.9. The Morgan fingerprint density at radius 2 is 2.22 bits per heavy atom. The standard InChI is InChI=1S/C15H22BrNO/c1-2-4-14(17)6-3-5-11-9-13(16)10-12-7-8-18-15(11)12/h9-10,14H,2-8,17H2,1H3. The topological polar surface area (TPSA) is 35.2 Å². The molecule has 18 heavy (non-hydrogen) atoms. The summed E-state index contributed by atoms with van der Waals surface area (Å²) in [6, 6.07) is 4.72. The molecule has 1 aromatic rings. The Balaban J connectivity index is 1.93. The Kier molecular flexibility index (Phi) is 5.07. The number of nitrogens with two attached hydrogens (primary N) is 1. The highest BCUT2D eigenvalue weighted by molar-refractivity contribution is 9.10. The first-order valence-electron chi connectivity index (χ1n) is 6.90. The Morgan fingerprint density at radius 1 is 1.39 bits per heavy atom. The first-order valence-corrected chi connectivity index (χ1v) is 7.69. The van der Waals surface area contributed by atoms with Crippen molar-refractivity contribution < 1.29 is 4.74 Å². The molecule has 1 unspecified atom stereocenters. The molecule has 1 atom stereocenters. The second-order valence-electron chi connectivity index (χ2n) is 5.09. The second-order valence-corrected chi connectivity index (χ2v) is 6.01. The summed E-state index contributed by atoms with van der Waals surface area (Å²) >= 11 is 3.58. The monoisotopic (exact) mass is 311 g/mol. The molecule has 0 aromatic heterocycles. The predicted molar refractivity (Wildman–Crippen MR) is 79.2 cm³/mol. The summed E-state index contributed by atoms with van der Waals surface area (Å²) in [5, 5.41) is 0. The lowest BCUT2D eigenvalue weighted by molar-refractivity contribution is 0.352. The highest BCUT2D eigenvalue weighted by Gasteiger charge is 2.17. The normalized spacial score (nSPS) is 15.3. The van der Waals surface area contributed by atoms with Crippen LogP contribution in [0.5, 0.6) is 5.75 Å². The third-order valence-corrected chi connectivity index (χ3v) is 3.96. The third kappa shape index (κ3) is 3.48. The van der Waals surface area contributed by atoms with Gasteiger partial charge in [0, 0.05) is 16.9 Å². The van der Waals surface area contributed by atoms with Crippen LogP contribution in [0.3, 0.4) is 0 Å². The summed E-state index contributed by atoms with van der Waals surface area (Å²) in [7, 11) is 0. The molecular weight excluding hydrogens is 290 g/mol. The lowest BCUT2D eigenvalue weighted by atomic mass is 10.00. The van der Waals surface area contributed by atoms with Gasteiger partial charge in [0.05, 0.1) is 6.61 Å². The summed E-state index contributed by atoms with van der Waals surface area (Å²) in [4.78, 5) is 0. The number of ether oxygens (including phenoxy) is 1. The fraction of sp³-hybridized carbons (Fsp3) is 0.600. The molecule has 0 amide bonds. The highest BCUT2D eigenvalue weighted by atomic mass is 79.9. The lowest BCUT2D eigenvalue weighted by Gasteiger charge is -2.12. The van der Waals surface area contributed by atoms with Gasteiger partial charge in [-0.3, -0.25) is 0 Å². The van der Waals surface area contributed by atoms with Gasteiger partial charge in [-0.2, -0.15) is 0 Å². The second kappa shape index (κ2) is 6.58. The average molecular weight is 312 g/mol. The number of hydrogen-bond donors (Lipinski definition) is 1. The maximum atomic E-state index is 6.05. The molecule has 0 saturated carbocycles. The molecular formula is C15H22BrNO. The number of hydrogen-bond acceptors (Lipinski definition) is 2. The fourth-order valence-electron chi connectivity index (χ4n) is 2.60. The Bertz CT molecular complexity index is 406. The molecule has 3 heteroatoms. The van der Waals surface area contributed by atoms with Crippen molar-refractivity contribution in [2.24, 2.45) is 5.73 Å². The van der Waals surface area contributed by atoms with Crippen LogP contribution in [0, 0.1) is 0 Å². The van der Waals surface area contributed by atoms with Crippen LogP contribution in [0.4, 0.5) is 0 Å². The maximum Gasteiger partial charge on any atom is 0.125 e. The highest BCUT2D eigenvalue weighted by Crippen LogP contribution is 2.33. The quantitative estimate of drug-likeness (QED) is 0.866. The van der Waals surface area contributed by atoms with Crippen molar-refractivity contribution >= 4 is 15.9 Å². The van der Waals surface area contributed by atoms with E-state index in [2.05, 4.69) is 35.0 Å². The van der Waals surface area contributed by atoms with Gasteiger partial charge in [0.2, 0.25) is 0 Å². The smallest absolute Gasteiger partial charge is 0.125 e. The van der Waals surface area contributed by atoms with Crippen LogP contribution in [0.1, 0.15) is 43.7 Å². The largest absolute Gasteiger partial charge is 0.493 e. The van der Waals surface area contributed by atoms with Crippen molar-refractivity contribution in [2.45, 2.75) is 51.5 Å². The number of fused-ring (bicyclic) bond motifs is 1. The molecule has 100 valence electrons. The van der Waals surface area contributed by atoms with Crippen molar-refractivity contribution in [3.05, 3.63) is 27.7 Å². The minimum absolute atomic E-state index is 0.358. The van der Waals surface area contributed by atoms with Crippen molar-refractivity contribution in [1.82, 2.24) is 0 Å². The van der Waals surface area contributed by atoms with Crippen LogP contribution in [0.15, 0.2) is 16.6 Å². The van der Waals surface area contributed by atoms with E-state index in [1.807, 2.05) is 0 Å². The number of benzene rings is 1. The van der Waals surface area contributed by atoms with E-state index in [9.17, 15) is 0 Å². The van der Waals surface area contributed by atoms with E-state index in [0.29, 0.717) is 6.04 Å². The van der Waals surface area contributed by atoms with Crippen molar-refractivity contribution in [2.75, 3.05) is 6.61 Å². The van der Waals surface area contributed by atoms with E-state index in [1.165, 1.54) is 22.0 Å². The molecule has 2 nitrogen and oxygen atoms in total. The first-order chi connectivity index (χ1) is 8.70. The number of halogens is 1. The van der Waals surface area contributed by atoms with Gasteiger partial charge >= 0.3 is 0 Å². The zero-order valence-electron chi connectivity index (χ0n) is 11.0. The van der Waals surface area contributed by atoms with Gasteiger partial charge in [-0.15, -0.1) is 0 Å². The molecule has 1 heterocycles. The predicted octanol–water partition coefficient (Wildman–Crippen LogP) is 3.83. The summed E-state index contributed by atoms with van der Waals surface area (Å²) in [6.07, 6.45) is 6.67. The van der Waals surface area contributed by atoms with Gasteiger partial charge in [-0.05, 0) is 48.9 Å². The summed E-state index contributed by atoms with van der Waals surface area (Å²) in [5.74, 6) is 1.13. The summed E-state index contributed by atoms with van der Waals surface area (Å²) < 4.78 is 6.90. The summed E-state index contributed by atoms with van der Waals surface area (Å²) in [6.45, 7) is 3.02. The van der Waals surface area contributed by atoms with Gasteiger partial charge in [-0.1, -0.05) is 29.3 Å². The molecule has 0 aliphatic carbocycles. The van der Waals surface area contributed by atoms with E-state index in [0.717, 1.165) is 44.5 Å². The third-order valence-electron chi connectivity index (χ3n) is 3.51. The molecule has 0 spiro atoms. The van der Waals surface area contributed by atoms with E-state index >= 15 is 0 Å². The van der Waals surface area contributed by atoms with Crippen molar-refractivity contribution in [3.8, 4) is 5.75 Å². The van der Waals surface area contributed by atoms with E-state index in [-0.39, 0.29) is 0 Å². The molecule has 0 bridgehead atoms. The molecule has 0 saturated heterocycles. The molecule has 2 N–H and O–H groups in total. The average Bonchev–Trinajstić information content (AvgIpc) is 2.77. The molecule has 0 fully saturated rings. The van der Waals surface area contributed by atoms with E-state index < -0.39 is 0 Å². The lowest BCUT2D eigenvalue weighted by Crippen LogP contribution is -2.19. The van der Waals surface area contributed by atoms with Crippen LogP contribution in [0.25, 0.3) is 0 Å². The van der Waals surface area contributed by atoms with Crippen LogP contribution in [-0.4, -0.2) is 12.6 Å². The minimum Gasteiger partial charge on any atom is -0.493 e. The van der Waals surface area contributed by atoms with Crippen LogP contribution < -0.4 is 10.5 Å². The molecule has 1 aromatic carbocycles. The van der Waals surface area contributed by atoms with Gasteiger partial charge in [0.15, 0.2) is 0 Å². The zero-order chi connectivity index (χ0) is 13.0. The SMILES string of the molecule is CCCC(N)CCCc1cc(Br)cc2c1OCC2. The van der Waals surface area contributed by atoms with Gasteiger partial charge in [0.1, 0.15) is 5.75 Å². The van der Waals surface area contributed by atoms with Crippen molar-refractivity contribution in [1.29, 1.82) is 0 Å². The summed E-state index contributed by atoms with van der Waals surface area (Å²) in [5.41, 5.74) is 8.73. The molecule has 1 aliphatic rings. The van der Waals surface area contributed by atoms with Crippen molar-refractivity contribution in [3.63, 3.8) is 0 Å². The maximum absolute atomic E-state index is 6.05. The Labute approximate surface area is 118 Å². The van der Waals surface area contributed by atoms with Crippen LogP contribution in [-0.2, 0) is 12.8 Å². The Hall–Kier alpha value is -0.540. The number of aryl methyl sites for hydroxylation is 1. The van der Waals surface area contributed by atoms with Gasteiger partial charge in [0.25, 0.3) is 0 Å². The molecule has 1 aliphatic heterocycles. The van der Waals surface area contributed by atoms with Crippen LogP contribution in [0.2, 0.25) is 0 Å².